The summed E-state index contributed by atoms with van der Waals surface area (Å²) in [5.41, 5.74) is 0. The molecule has 0 radical (unpaired) electrons. The number of thiophene rings is 1. The largest absolute Gasteiger partial charge is 0.311 e. The van der Waals surface area contributed by atoms with E-state index in [0.29, 0.717) is 4.90 Å². The first-order valence-electron chi connectivity index (χ1n) is 6.00. The normalized spacial score (nSPS) is 12.6. The van der Waals surface area contributed by atoms with Crippen molar-refractivity contribution in [3.63, 3.8) is 0 Å². The van der Waals surface area contributed by atoms with E-state index in [-0.39, 0.29) is 5.25 Å². The number of benzene rings is 1. The summed E-state index contributed by atoms with van der Waals surface area (Å²) in [5.74, 6) is -1.03. The fourth-order valence-electron chi connectivity index (χ4n) is 1.64. The Bertz CT molecular complexity index is 514. The minimum atomic E-state index is -0.537. The summed E-state index contributed by atoms with van der Waals surface area (Å²) in [7, 11) is 0. The van der Waals surface area contributed by atoms with Crippen molar-refractivity contribution < 1.29 is 8.78 Å². The third-order valence-corrected chi connectivity index (χ3v) is 4.56. The molecule has 1 atom stereocenters. The van der Waals surface area contributed by atoms with Gasteiger partial charge in [-0.3, -0.25) is 0 Å². The van der Waals surface area contributed by atoms with Gasteiger partial charge in [0.25, 0.3) is 0 Å². The lowest BCUT2D eigenvalue weighted by Crippen LogP contribution is -2.21. The van der Waals surface area contributed by atoms with Crippen LogP contribution in [0.5, 0.6) is 0 Å². The van der Waals surface area contributed by atoms with Crippen LogP contribution in [0, 0.1) is 11.6 Å². The zero-order chi connectivity index (χ0) is 13.7. The standard InChI is InChI=1S/C14H15F2NS2/c1-10(8-17-9-12-3-2-6-18-12)19-14-5-4-11(15)7-13(14)16/h2-7,10,17H,8-9H2,1H3. The van der Waals surface area contributed by atoms with Gasteiger partial charge in [-0.25, -0.2) is 8.78 Å². The van der Waals surface area contributed by atoms with E-state index in [2.05, 4.69) is 11.4 Å². The van der Waals surface area contributed by atoms with Crippen molar-refractivity contribution in [1.29, 1.82) is 0 Å². The third-order valence-electron chi connectivity index (χ3n) is 2.53. The highest BCUT2D eigenvalue weighted by molar-refractivity contribution is 8.00. The van der Waals surface area contributed by atoms with E-state index in [0.717, 1.165) is 19.2 Å². The summed E-state index contributed by atoms with van der Waals surface area (Å²) >= 11 is 3.13. The summed E-state index contributed by atoms with van der Waals surface area (Å²) in [4.78, 5) is 1.77. The van der Waals surface area contributed by atoms with Gasteiger partial charge in [0, 0.05) is 34.2 Å². The number of thioether (sulfide) groups is 1. The van der Waals surface area contributed by atoms with Crippen molar-refractivity contribution in [1.82, 2.24) is 5.32 Å². The second-order valence-corrected chi connectivity index (χ2v) is 6.73. The Kier molecular flexibility index (Phi) is 5.36. The van der Waals surface area contributed by atoms with Crippen molar-refractivity contribution in [2.75, 3.05) is 6.54 Å². The summed E-state index contributed by atoms with van der Waals surface area (Å²) < 4.78 is 26.3. The lowest BCUT2D eigenvalue weighted by molar-refractivity contribution is 0.565. The molecule has 1 aromatic heterocycles. The molecule has 1 N–H and O–H groups in total. The number of halogens is 2. The molecule has 0 aliphatic rings. The van der Waals surface area contributed by atoms with Crippen molar-refractivity contribution in [2.24, 2.45) is 0 Å². The molecule has 0 amide bonds. The topological polar surface area (TPSA) is 12.0 Å². The molecule has 2 rings (SSSR count). The molecule has 5 heteroatoms. The average Bonchev–Trinajstić information content (AvgIpc) is 2.86. The smallest absolute Gasteiger partial charge is 0.139 e. The molecule has 0 spiro atoms. The Balaban J connectivity index is 1.79. The molecule has 0 aliphatic carbocycles. The molecule has 0 fully saturated rings. The van der Waals surface area contributed by atoms with Gasteiger partial charge in [-0.1, -0.05) is 13.0 Å². The molecule has 0 aliphatic heterocycles. The van der Waals surface area contributed by atoms with E-state index >= 15 is 0 Å². The lowest BCUT2D eigenvalue weighted by atomic mass is 10.3. The minimum Gasteiger partial charge on any atom is -0.311 e. The summed E-state index contributed by atoms with van der Waals surface area (Å²) in [6, 6.07) is 7.80. The Morgan fingerprint density at radius 2 is 2.16 bits per heavy atom. The van der Waals surface area contributed by atoms with Gasteiger partial charge in [-0.15, -0.1) is 23.1 Å². The first-order valence-corrected chi connectivity index (χ1v) is 7.76. The van der Waals surface area contributed by atoms with Gasteiger partial charge in [0.1, 0.15) is 11.6 Å². The maximum atomic E-state index is 13.5. The quantitative estimate of drug-likeness (QED) is 0.798. The van der Waals surface area contributed by atoms with Crippen LogP contribution in [0.4, 0.5) is 8.78 Å². The van der Waals surface area contributed by atoms with Crippen LogP contribution in [0.2, 0.25) is 0 Å². The second kappa shape index (κ2) is 7.03. The van der Waals surface area contributed by atoms with Gasteiger partial charge in [-0.2, -0.15) is 0 Å². The third kappa shape index (κ3) is 4.60. The van der Waals surface area contributed by atoms with E-state index in [1.54, 1.807) is 11.3 Å². The van der Waals surface area contributed by atoms with E-state index in [1.807, 2.05) is 18.4 Å². The van der Waals surface area contributed by atoms with Gasteiger partial charge in [0.15, 0.2) is 0 Å². The maximum absolute atomic E-state index is 13.5. The van der Waals surface area contributed by atoms with Crippen LogP contribution in [0.25, 0.3) is 0 Å². The maximum Gasteiger partial charge on any atom is 0.139 e. The lowest BCUT2D eigenvalue weighted by Gasteiger charge is -2.12. The molecule has 0 saturated carbocycles. The van der Waals surface area contributed by atoms with Crippen LogP contribution in [0.1, 0.15) is 11.8 Å². The van der Waals surface area contributed by atoms with E-state index in [4.69, 9.17) is 0 Å². The molecule has 102 valence electrons. The highest BCUT2D eigenvalue weighted by atomic mass is 32.2. The summed E-state index contributed by atoms with van der Waals surface area (Å²) in [6.07, 6.45) is 0. The number of hydrogen-bond donors (Lipinski definition) is 1. The molecule has 2 aromatic rings. The molecule has 1 heterocycles. The Hall–Kier alpha value is -0.910. The summed E-state index contributed by atoms with van der Waals surface area (Å²) in [6.45, 7) is 3.63. The molecular formula is C14H15F2NS2. The number of nitrogens with one attached hydrogen (secondary N) is 1. The molecule has 0 saturated heterocycles. The Labute approximate surface area is 120 Å². The SMILES string of the molecule is CC(CNCc1cccs1)Sc1ccc(F)cc1F. The van der Waals surface area contributed by atoms with Crippen LogP contribution in [-0.4, -0.2) is 11.8 Å². The van der Waals surface area contributed by atoms with Crippen LogP contribution in [-0.2, 0) is 6.54 Å². The second-order valence-electron chi connectivity index (χ2n) is 4.21. The van der Waals surface area contributed by atoms with Crippen molar-refractivity contribution in [2.45, 2.75) is 23.6 Å². The monoisotopic (exact) mass is 299 g/mol. The van der Waals surface area contributed by atoms with E-state index in [1.165, 1.54) is 28.8 Å². The fraction of sp³-hybridized carbons (Fsp3) is 0.286. The highest BCUT2D eigenvalue weighted by Gasteiger charge is 2.09. The van der Waals surface area contributed by atoms with Gasteiger partial charge in [0.05, 0.1) is 0 Å². The van der Waals surface area contributed by atoms with Gasteiger partial charge < -0.3 is 5.32 Å². The van der Waals surface area contributed by atoms with Crippen LogP contribution >= 0.6 is 23.1 Å². The molecular weight excluding hydrogens is 284 g/mol. The highest BCUT2D eigenvalue weighted by Crippen LogP contribution is 2.26. The van der Waals surface area contributed by atoms with E-state index in [9.17, 15) is 8.78 Å². The van der Waals surface area contributed by atoms with Crippen molar-refractivity contribution >= 4 is 23.1 Å². The fourth-order valence-corrected chi connectivity index (χ4v) is 3.27. The van der Waals surface area contributed by atoms with E-state index < -0.39 is 11.6 Å². The predicted molar refractivity (Wildman–Crippen MR) is 77.7 cm³/mol. The average molecular weight is 299 g/mol. The summed E-state index contributed by atoms with van der Waals surface area (Å²) in [5, 5.41) is 5.60. The molecule has 19 heavy (non-hydrogen) atoms. The molecule has 1 unspecified atom stereocenters. The molecule has 1 nitrogen and oxygen atoms in total. The Morgan fingerprint density at radius 1 is 1.32 bits per heavy atom. The molecule has 1 aromatic carbocycles. The van der Waals surface area contributed by atoms with Crippen LogP contribution in [0.3, 0.4) is 0 Å². The van der Waals surface area contributed by atoms with Crippen molar-refractivity contribution in [3.05, 3.63) is 52.2 Å². The Morgan fingerprint density at radius 3 is 2.84 bits per heavy atom. The first kappa shape index (κ1) is 14.5. The van der Waals surface area contributed by atoms with Crippen LogP contribution in [0.15, 0.2) is 40.6 Å². The first-order chi connectivity index (χ1) is 9.15. The zero-order valence-corrected chi connectivity index (χ0v) is 12.2. The van der Waals surface area contributed by atoms with Gasteiger partial charge in [-0.05, 0) is 23.6 Å². The number of hydrogen-bond acceptors (Lipinski definition) is 3. The van der Waals surface area contributed by atoms with Crippen molar-refractivity contribution in [3.8, 4) is 0 Å². The minimum absolute atomic E-state index is 0.222. The molecule has 0 bridgehead atoms. The van der Waals surface area contributed by atoms with Gasteiger partial charge >= 0.3 is 0 Å². The predicted octanol–water partition coefficient (Wildman–Crippen LogP) is 4.30. The van der Waals surface area contributed by atoms with Crippen LogP contribution < -0.4 is 5.32 Å². The zero-order valence-electron chi connectivity index (χ0n) is 10.5. The van der Waals surface area contributed by atoms with Gasteiger partial charge in [0.2, 0.25) is 0 Å². The number of rotatable bonds is 6.